The van der Waals surface area contributed by atoms with Crippen LogP contribution in [0.1, 0.15) is 30.9 Å². The van der Waals surface area contributed by atoms with Crippen molar-refractivity contribution in [2.45, 2.75) is 25.2 Å². The molecule has 2 aliphatic rings. The SMILES string of the molecule is CC1(C)C2=C=C(N(c3ccccc3)c3ccccc3-c3ccc(-c4ccccc4N(c4ccccc4)c4ccc(-c5ccc6ccccc6c5)cc4)cc3)C=CC2c2ccccc21. The van der Waals surface area contributed by atoms with Gasteiger partial charge in [0.05, 0.1) is 17.1 Å². The van der Waals surface area contributed by atoms with E-state index in [1.165, 1.54) is 38.6 Å². The lowest BCUT2D eigenvalue weighted by Crippen LogP contribution is -2.20. The molecule has 11 rings (SSSR count). The van der Waals surface area contributed by atoms with Crippen LogP contribution in [0.2, 0.25) is 0 Å². The van der Waals surface area contributed by atoms with Gasteiger partial charge in [-0.25, -0.2) is 0 Å². The van der Waals surface area contributed by atoms with Crippen LogP contribution in [0.4, 0.5) is 28.4 Å². The van der Waals surface area contributed by atoms with Gasteiger partial charge in [-0.05, 0) is 110 Å². The number of hydrogen-bond donors (Lipinski definition) is 0. The van der Waals surface area contributed by atoms with Gasteiger partial charge in [0.2, 0.25) is 0 Å². The van der Waals surface area contributed by atoms with E-state index >= 15 is 0 Å². The van der Waals surface area contributed by atoms with Gasteiger partial charge < -0.3 is 9.80 Å². The summed E-state index contributed by atoms with van der Waals surface area (Å²) in [6.07, 6.45) is 4.64. The summed E-state index contributed by atoms with van der Waals surface area (Å²) >= 11 is 0. The number of anilines is 5. The standard InChI is InChI=1S/C61H46N2/c1-61(2)57-26-14-11-25-55(57)56-40-39-52(42-58(56)61)63(50-21-7-4-8-22-50)60-28-16-13-24-54(60)46-32-30-45(31-33-46)53-23-12-15-27-59(53)62(49-19-5-3-6-20-49)51-37-35-44(36-38-51)48-34-29-43-17-9-10-18-47(43)41-48/h3-41,56H,1-2H3. The van der Waals surface area contributed by atoms with Crippen LogP contribution < -0.4 is 9.80 Å². The Morgan fingerprint density at radius 3 is 1.57 bits per heavy atom. The summed E-state index contributed by atoms with van der Waals surface area (Å²) in [7, 11) is 0. The predicted octanol–water partition coefficient (Wildman–Crippen LogP) is 16.5. The lowest BCUT2D eigenvalue weighted by Gasteiger charge is -2.30. The average molecular weight is 807 g/mol. The van der Waals surface area contributed by atoms with E-state index in [2.05, 4.69) is 266 Å². The van der Waals surface area contributed by atoms with Crippen molar-refractivity contribution < 1.29 is 0 Å². The molecule has 1 unspecified atom stereocenters. The van der Waals surface area contributed by atoms with Crippen molar-refractivity contribution in [3.63, 3.8) is 0 Å². The summed E-state index contributed by atoms with van der Waals surface area (Å²) in [5.74, 6) is 0.232. The van der Waals surface area contributed by atoms with Crippen LogP contribution in [0.15, 0.2) is 254 Å². The smallest absolute Gasteiger partial charge is 0.0887 e. The van der Waals surface area contributed by atoms with Crippen LogP contribution in [0.3, 0.4) is 0 Å². The average Bonchev–Trinajstić information content (AvgIpc) is 3.58. The van der Waals surface area contributed by atoms with Crippen LogP contribution in [0.5, 0.6) is 0 Å². The molecule has 0 bridgehead atoms. The number of hydrogen-bond acceptors (Lipinski definition) is 2. The molecule has 1 atom stereocenters. The molecule has 0 N–H and O–H groups in total. The highest BCUT2D eigenvalue weighted by atomic mass is 15.2. The zero-order valence-corrected chi connectivity index (χ0v) is 35.5. The Hall–Kier alpha value is -7.90. The zero-order chi connectivity index (χ0) is 42.3. The number of allylic oxidation sites excluding steroid dienone is 2. The lowest BCUT2D eigenvalue weighted by molar-refractivity contribution is 0.634. The molecule has 63 heavy (non-hydrogen) atoms. The maximum absolute atomic E-state index is 3.99. The molecule has 0 fully saturated rings. The fraction of sp³-hybridized carbons (Fsp3) is 0.0656. The van der Waals surface area contributed by atoms with Crippen molar-refractivity contribution in [3.8, 4) is 33.4 Å². The van der Waals surface area contributed by atoms with E-state index in [0.29, 0.717) is 0 Å². The summed E-state index contributed by atoms with van der Waals surface area (Å²) in [5.41, 5.74) is 21.5. The Balaban J connectivity index is 0.968. The number of rotatable bonds is 9. The highest BCUT2D eigenvalue weighted by molar-refractivity contribution is 5.92. The van der Waals surface area contributed by atoms with E-state index in [1.807, 2.05) is 0 Å². The maximum atomic E-state index is 3.99. The van der Waals surface area contributed by atoms with Gasteiger partial charge in [-0.3, -0.25) is 0 Å². The Morgan fingerprint density at radius 1 is 0.413 bits per heavy atom. The minimum atomic E-state index is -0.122. The normalized spacial score (nSPS) is 14.7. The van der Waals surface area contributed by atoms with E-state index in [1.54, 1.807) is 0 Å². The van der Waals surface area contributed by atoms with Crippen LogP contribution in [-0.4, -0.2) is 0 Å². The van der Waals surface area contributed by atoms with Crippen LogP contribution in [0, 0.1) is 0 Å². The molecule has 0 aliphatic heterocycles. The van der Waals surface area contributed by atoms with Gasteiger partial charge in [0.15, 0.2) is 0 Å². The molecule has 2 nitrogen and oxygen atoms in total. The molecular weight excluding hydrogens is 761 g/mol. The molecule has 0 spiro atoms. The first kappa shape index (κ1) is 38.1. The first-order valence-electron chi connectivity index (χ1n) is 21.9. The molecule has 9 aromatic carbocycles. The summed E-state index contributed by atoms with van der Waals surface area (Å²) in [5, 5.41) is 2.50. The number of para-hydroxylation sites is 4. The second-order valence-electron chi connectivity index (χ2n) is 17.0. The second-order valence-corrected chi connectivity index (χ2v) is 17.0. The predicted molar refractivity (Wildman–Crippen MR) is 265 cm³/mol. The molecule has 0 saturated heterocycles. The van der Waals surface area contributed by atoms with Gasteiger partial charge in [0, 0.05) is 39.5 Å². The number of nitrogens with zero attached hydrogens (tertiary/aromatic N) is 2. The third-order valence-corrected chi connectivity index (χ3v) is 12.9. The van der Waals surface area contributed by atoms with E-state index in [-0.39, 0.29) is 11.3 Å². The van der Waals surface area contributed by atoms with E-state index in [0.717, 1.165) is 56.4 Å². The van der Waals surface area contributed by atoms with Crippen molar-refractivity contribution in [1.82, 2.24) is 0 Å². The van der Waals surface area contributed by atoms with Gasteiger partial charge >= 0.3 is 0 Å². The maximum Gasteiger partial charge on any atom is 0.0887 e. The molecule has 9 aromatic rings. The van der Waals surface area contributed by atoms with Gasteiger partial charge in [-0.15, -0.1) is 0 Å². The summed E-state index contributed by atoms with van der Waals surface area (Å²) < 4.78 is 0. The van der Waals surface area contributed by atoms with Crippen LogP contribution >= 0.6 is 0 Å². The topological polar surface area (TPSA) is 6.48 Å². The monoisotopic (exact) mass is 806 g/mol. The largest absolute Gasteiger partial charge is 0.310 e. The molecule has 300 valence electrons. The van der Waals surface area contributed by atoms with Gasteiger partial charge in [-0.2, -0.15) is 0 Å². The molecule has 0 saturated carbocycles. The van der Waals surface area contributed by atoms with Crippen LogP contribution in [-0.2, 0) is 5.41 Å². The van der Waals surface area contributed by atoms with Crippen molar-refractivity contribution in [2.75, 3.05) is 9.80 Å². The zero-order valence-electron chi connectivity index (χ0n) is 35.5. The Morgan fingerprint density at radius 2 is 0.905 bits per heavy atom. The first-order valence-corrected chi connectivity index (χ1v) is 21.9. The van der Waals surface area contributed by atoms with E-state index in [9.17, 15) is 0 Å². The number of fused-ring (bicyclic) bond motifs is 4. The Bertz CT molecular complexity index is 3220. The fourth-order valence-corrected chi connectivity index (χ4v) is 9.77. The Labute approximate surface area is 370 Å². The second kappa shape index (κ2) is 15.9. The third-order valence-electron chi connectivity index (χ3n) is 12.9. The van der Waals surface area contributed by atoms with Gasteiger partial charge in [-0.1, -0.05) is 196 Å². The third kappa shape index (κ3) is 6.88. The molecular formula is C61H46N2. The fourth-order valence-electron chi connectivity index (χ4n) is 9.77. The van der Waals surface area contributed by atoms with Crippen LogP contribution in [0.25, 0.3) is 44.2 Å². The van der Waals surface area contributed by atoms with Crippen molar-refractivity contribution in [2.24, 2.45) is 0 Å². The van der Waals surface area contributed by atoms with E-state index < -0.39 is 0 Å². The van der Waals surface area contributed by atoms with E-state index in [4.69, 9.17) is 0 Å². The highest BCUT2D eigenvalue weighted by Crippen LogP contribution is 2.52. The quantitative estimate of drug-likeness (QED) is 0.134. The Kier molecular flexibility index (Phi) is 9.57. The number of benzene rings is 9. The molecule has 0 amide bonds. The minimum absolute atomic E-state index is 0.122. The van der Waals surface area contributed by atoms with Crippen molar-refractivity contribution in [3.05, 3.63) is 265 Å². The highest BCUT2D eigenvalue weighted by Gasteiger charge is 2.41. The van der Waals surface area contributed by atoms with Gasteiger partial charge in [0.1, 0.15) is 0 Å². The first-order chi connectivity index (χ1) is 31.0. The van der Waals surface area contributed by atoms with Crippen molar-refractivity contribution in [1.29, 1.82) is 0 Å². The minimum Gasteiger partial charge on any atom is -0.310 e. The molecule has 0 radical (unpaired) electrons. The van der Waals surface area contributed by atoms with Gasteiger partial charge in [0.25, 0.3) is 0 Å². The molecule has 2 aliphatic carbocycles. The molecule has 2 heteroatoms. The summed E-state index contributed by atoms with van der Waals surface area (Å²) in [6.45, 7) is 4.68. The van der Waals surface area contributed by atoms with Crippen molar-refractivity contribution >= 4 is 39.2 Å². The lowest BCUT2D eigenvalue weighted by atomic mass is 9.80. The summed E-state index contributed by atoms with van der Waals surface area (Å²) in [4.78, 5) is 4.75. The molecule has 0 aromatic heterocycles. The molecule has 0 heterocycles. The summed E-state index contributed by atoms with van der Waals surface area (Å²) in [6, 6.07) is 81.1.